The van der Waals surface area contributed by atoms with Crippen molar-refractivity contribution in [2.24, 2.45) is 5.73 Å². The minimum Gasteiger partial charge on any atom is -0.329 e. The van der Waals surface area contributed by atoms with E-state index >= 15 is 0 Å². The molecule has 0 aromatic carbocycles. The van der Waals surface area contributed by atoms with E-state index < -0.39 is 0 Å². The van der Waals surface area contributed by atoms with Crippen molar-refractivity contribution in [2.75, 3.05) is 13.1 Å². The van der Waals surface area contributed by atoms with Gasteiger partial charge in [-0.3, -0.25) is 0 Å². The number of nitrogens with zero attached hydrogens (tertiary/aromatic N) is 1. The minimum atomic E-state index is 0.253. The van der Waals surface area contributed by atoms with E-state index in [2.05, 4.69) is 5.32 Å². The molecule has 0 spiro atoms. The third-order valence-corrected chi connectivity index (χ3v) is 1.68. The van der Waals surface area contributed by atoms with Gasteiger partial charge in [0.2, 0.25) is 0 Å². The Hall–Kier alpha value is 0.210. The zero-order valence-electron chi connectivity index (χ0n) is 4.68. The fourth-order valence-electron chi connectivity index (χ4n) is 0.879. The van der Waals surface area contributed by atoms with Crippen LogP contribution < -0.4 is 11.1 Å². The van der Waals surface area contributed by atoms with Crippen molar-refractivity contribution in [1.82, 2.24) is 5.32 Å². The third-order valence-electron chi connectivity index (χ3n) is 1.36. The summed E-state index contributed by atoms with van der Waals surface area (Å²) in [4.78, 5) is 0. The van der Waals surface area contributed by atoms with E-state index in [1.165, 1.54) is 0 Å². The van der Waals surface area contributed by atoms with Crippen LogP contribution in [-0.2, 0) is 0 Å². The maximum Gasteiger partial charge on any atom is 0.0493 e. The van der Waals surface area contributed by atoms with Crippen LogP contribution in [0.25, 0.3) is 0 Å². The summed E-state index contributed by atoms with van der Waals surface area (Å²) < 4.78 is 0. The molecule has 1 aliphatic rings. The van der Waals surface area contributed by atoms with Gasteiger partial charge in [0.05, 0.1) is 0 Å². The molecule has 0 saturated carbocycles. The van der Waals surface area contributed by atoms with Gasteiger partial charge in [-0.2, -0.15) is 0 Å². The first kappa shape index (κ1) is 6.33. The second kappa shape index (κ2) is 2.67. The van der Waals surface area contributed by atoms with Crippen LogP contribution in [0.15, 0.2) is 0 Å². The number of alkyl halides is 1. The molecule has 0 amide bonds. The lowest BCUT2D eigenvalue weighted by molar-refractivity contribution is 0.606. The first-order valence-electron chi connectivity index (χ1n) is 2.83. The van der Waals surface area contributed by atoms with Crippen LogP contribution in [-0.4, -0.2) is 24.5 Å². The Balaban J connectivity index is 2.22. The Morgan fingerprint density at radius 2 is 2.50 bits per heavy atom. The molecule has 1 rings (SSSR count). The Morgan fingerprint density at radius 3 is 2.75 bits per heavy atom. The largest absolute Gasteiger partial charge is 0.329 e. The van der Waals surface area contributed by atoms with Crippen molar-refractivity contribution in [2.45, 2.75) is 17.8 Å². The van der Waals surface area contributed by atoms with Crippen LogP contribution in [0.1, 0.15) is 6.42 Å². The molecule has 1 saturated heterocycles. The molecular weight excluding hydrogens is 124 g/mol. The number of rotatable bonds is 1. The van der Waals surface area contributed by atoms with Crippen molar-refractivity contribution >= 4 is 11.6 Å². The van der Waals surface area contributed by atoms with Crippen LogP contribution in [0.5, 0.6) is 0 Å². The lowest BCUT2D eigenvalue weighted by Gasteiger charge is -2.00. The van der Waals surface area contributed by atoms with Gasteiger partial charge in [-0.05, 0) is 6.42 Å². The Kier molecular flexibility index (Phi) is 2.11. The van der Waals surface area contributed by atoms with Crippen molar-refractivity contribution in [1.29, 1.82) is 0 Å². The van der Waals surface area contributed by atoms with Crippen LogP contribution in [0, 0.1) is 0 Å². The summed E-state index contributed by atoms with van der Waals surface area (Å²) >= 11 is 5.74. The maximum atomic E-state index is 5.74. The predicted molar refractivity (Wildman–Crippen MR) is 34.1 cm³/mol. The summed E-state index contributed by atoms with van der Waals surface area (Å²) in [6.07, 6.45) is 0.970. The lowest BCUT2D eigenvalue weighted by atomic mass is 10.2. The molecule has 2 N–H and O–H groups in total. The standard InChI is InChI=1S/C5H10ClN2/c6-4-1-5(2-7)8-3-4/h4-5H,1-3,7H2. The monoisotopic (exact) mass is 133 g/mol. The fraction of sp³-hybridized carbons (Fsp3) is 1.00. The summed E-state index contributed by atoms with van der Waals surface area (Å²) in [6, 6.07) is 0.345. The van der Waals surface area contributed by atoms with E-state index in [1.54, 1.807) is 0 Å². The summed E-state index contributed by atoms with van der Waals surface area (Å²) in [5.41, 5.74) is 5.34. The van der Waals surface area contributed by atoms with Gasteiger partial charge in [0.1, 0.15) is 0 Å². The third kappa shape index (κ3) is 1.34. The quantitative estimate of drug-likeness (QED) is 0.500. The molecule has 2 atom stereocenters. The maximum absolute atomic E-state index is 5.74. The van der Waals surface area contributed by atoms with E-state index in [0.717, 1.165) is 13.0 Å². The normalized spacial score (nSPS) is 38.2. The molecule has 0 aromatic heterocycles. The highest BCUT2D eigenvalue weighted by atomic mass is 35.5. The van der Waals surface area contributed by atoms with Crippen LogP contribution in [0.3, 0.4) is 0 Å². The van der Waals surface area contributed by atoms with E-state index in [4.69, 9.17) is 17.3 Å². The fourth-order valence-corrected chi connectivity index (χ4v) is 1.16. The molecule has 1 aliphatic heterocycles. The molecule has 8 heavy (non-hydrogen) atoms. The molecular formula is C5H10ClN2. The Labute approximate surface area is 54.4 Å². The van der Waals surface area contributed by atoms with Gasteiger partial charge in [-0.1, -0.05) is 0 Å². The van der Waals surface area contributed by atoms with Gasteiger partial charge >= 0.3 is 0 Å². The summed E-state index contributed by atoms with van der Waals surface area (Å²) in [6.45, 7) is 1.45. The molecule has 1 fully saturated rings. The molecule has 0 aliphatic carbocycles. The predicted octanol–water partition coefficient (Wildman–Crippen LogP) is -0.0708. The smallest absolute Gasteiger partial charge is 0.0493 e. The van der Waals surface area contributed by atoms with Crippen LogP contribution in [0.2, 0.25) is 0 Å². The summed E-state index contributed by atoms with van der Waals surface area (Å²) in [7, 11) is 0. The SMILES string of the molecule is NCC1CC(Cl)C[N]1. The molecule has 2 unspecified atom stereocenters. The highest BCUT2D eigenvalue weighted by molar-refractivity contribution is 6.21. The first-order valence-corrected chi connectivity index (χ1v) is 3.27. The van der Waals surface area contributed by atoms with Gasteiger partial charge in [0, 0.05) is 24.5 Å². The molecule has 0 aromatic rings. The van der Waals surface area contributed by atoms with E-state index in [1.807, 2.05) is 0 Å². The molecule has 0 bridgehead atoms. The number of hydrogen-bond donors (Lipinski definition) is 1. The molecule has 3 heteroatoms. The zero-order valence-corrected chi connectivity index (χ0v) is 5.43. The number of nitrogens with two attached hydrogens (primary N) is 1. The minimum absolute atomic E-state index is 0.253. The van der Waals surface area contributed by atoms with Gasteiger partial charge in [-0.15, -0.1) is 11.6 Å². The van der Waals surface area contributed by atoms with Crippen LogP contribution in [0.4, 0.5) is 0 Å². The molecule has 2 nitrogen and oxygen atoms in total. The highest BCUT2D eigenvalue weighted by Crippen LogP contribution is 2.12. The van der Waals surface area contributed by atoms with Crippen molar-refractivity contribution in [3.63, 3.8) is 0 Å². The van der Waals surface area contributed by atoms with Gasteiger partial charge in [0.15, 0.2) is 0 Å². The summed E-state index contributed by atoms with van der Waals surface area (Å²) in [5, 5.41) is 4.43. The van der Waals surface area contributed by atoms with E-state index in [9.17, 15) is 0 Å². The number of hydrogen-bond acceptors (Lipinski definition) is 1. The van der Waals surface area contributed by atoms with Gasteiger partial charge in [-0.25, -0.2) is 5.32 Å². The topological polar surface area (TPSA) is 40.1 Å². The number of halogens is 1. The zero-order chi connectivity index (χ0) is 5.98. The second-order valence-electron chi connectivity index (χ2n) is 2.09. The Morgan fingerprint density at radius 1 is 1.75 bits per heavy atom. The van der Waals surface area contributed by atoms with Gasteiger partial charge < -0.3 is 5.73 Å². The van der Waals surface area contributed by atoms with Gasteiger partial charge in [0.25, 0.3) is 0 Å². The highest BCUT2D eigenvalue weighted by Gasteiger charge is 2.21. The molecule has 1 heterocycles. The first-order chi connectivity index (χ1) is 3.83. The molecule has 47 valence electrons. The lowest BCUT2D eigenvalue weighted by Crippen LogP contribution is -2.24. The molecule has 1 radical (unpaired) electrons. The Bertz CT molecular complexity index is 76.8. The van der Waals surface area contributed by atoms with Crippen molar-refractivity contribution in [3.05, 3.63) is 0 Å². The van der Waals surface area contributed by atoms with Crippen LogP contribution >= 0.6 is 11.6 Å². The van der Waals surface area contributed by atoms with Crippen molar-refractivity contribution in [3.8, 4) is 0 Å². The van der Waals surface area contributed by atoms with E-state index in [-0.39, 0.29) is 5.38 Å². The second-order valence-corrected chi connectivity index (χ2v) is 2.70. The average molecular weight is 134 g/mol. The van der Waals surface area contributed by atoms with E-state index in [0.29, 0.717) is 12.6 Å². The van der Waals surface area contributed by atoms with Crippen molar-refractivity contribution < 1.29 is 0 Å². The average Bonchev–Trinajstić information content (AvgIpc) is 2.14. The summed E-state index contributed by atoms with van der Waals surface area (Å²) in [5.74, 6) is 0.